The zero-order valence-corrected chi connectivity index (χ0v) is 14.1. The summed E-state index contributed by atoms with van der Waals surface area (Å²) in [5.74, 6) is 0.343. The van der Waals surface area contributed by atoms with E-state index in [2.05, 4.69) is 26.6 Å². The van der Waals surface area contributed by atoms with Gasteiger partial charge in [-0.2, -0.15) is 0 Å². The molecule has 0 spiro atoms. The predicted octanol–water partition coefficient (Wildman–Crippen LogP) is 3.33. The van der Waals surface area contributed by atoms with Gasteiger partial charge >= 0.3 is 0 Å². The molecule has 1 aliphatic heterocycles. The summed E-state index contributed by atoms with van der Waals surface area (Å²) in [6, 6.07) is 8.94. The molecule has 1 atom stereocenters. The fraction of sp³-hybridized carbons (Fsp3) is 0.200. The Bertz CT molecular complexity index is 744. The topological polar surface area (TPSA) is 67.4 Å². The molecule has 0 aliphatic carbocycles. The molecule has 0 unspecified atom stereocenters. The summed E-state index contributed by atoms with van der Waals surface area (Å²) in [4.78, 5) is 24.2. The number of amides is 2. The number of halogens is 1. The molecule has 1 aliphatic rings. The highest BCUT2D eigenvalue weighted by Crippen LogP contribution is 2.30. The zero-order valence-electron chi connectivity index (χ0n) is 11.7. The van der Waals surface area contributed by atoms with Gasteiger partial charge in [0, 0.05) is 0 Å². The Morgan fingerprint density at radius 2 is 2.23 bits per heavy atom. The number of nitrogens with one attached hydrogen (secondary N) is 2. The van der Waals surface area contributed by atoms with Gasteiger partial charge in [0.25, 0.3) is 11.8 Å². The first-order valence-electron chi connectivity index (χ1n) is 6.66. The van der Waals surface area contributed by atoms with E-state index in [0.717, 1.165) is 9.35 Å². The molecular weight excluding hydrogens is 368 g/mol. The van der Waals surface area contributed by atoms with E-state index in [1.165, 1.54) is 11.3 Å². The highest BCUT2D eigenvalue weighted by Gasteiger charge is 2.19. The molecular formula is C15H13BrN2O3S. The number of hydrogen-bond acceptors (Lipinski definition) is 4. The molecule has 7 heteroatoms. The van der Waals surface area contributed by atoms with Gasteiger partial charge in [-0.05, 0) is 52.7 Å². The Labute approximate surface area is 139 Å². The van der Waals surface area contributed by atoms with Crippen molar-refractivity contribution in [1.29, 1.82) is 0 Å². The Kier molecular flexibility index (Phi) is 4.17. The monoisotopic (exact) mass is 380 g/mol. The molecule has 0 fully saturated rings. The summed E-state index contributed by atoms with van der Waals surface area (Å²) in [6.07, 6.45) is 0. The molecule has 2 N–H and O–H groups in total. The number of rotatable bonds is 3. The van der Waals surface area contributed by atoms with Crippen LogP contribution in [0.3, 0.4) is 0 Å². The first kappa shape index (κ1) is 15.1. The van der Waals surface area contributed by atoms with Crippen LogP contribution in [0, 0.1) is 0 Å². The van der Waals surface area contributed by atoms with Crippen molar-refractivity contribution in [2.75, 3.05) is 11.9 Å². The van der Waals surface area contributed by atoms with Crippen LogP contribution in [-0.2, 0) is 4.79 Å². The lowest BCUT2D eigenvalue weighted by atomic mass is 10.1. The molecule has 114 valence electrons. The SMILES string of the molecule is C[C@@H](NC(=O)c1ccc(Br)s1)c1ccc2c(c1)NC(=O)CO2. The van der Waals surface area contributed by atoms with E-state index in [0.29, 0.717) is 16.3 Å². The number of ether oxygens (including phenoxy) is 1. The van der Waals surface area contributed by atoms with Crippen molar-refractivity contribution in [3.63, 3.8) is 0 Å². The van der Waals surface area contributed by atoms with E-state index in [-0.39, 0.29) is 24.5 Å². The van der Waals surface area contributed by atoms with E-state index in [4.69, 9.17) is 4.74 Å². The Morgan fingerprint density at radius 3 is 2.95 bits per heavy atom. The van der Waals surface area contributed by atoms with Crippen molar-refractivity contribution in [2.24, 2.45) is 0 Å². The van der Waals surface area contributed by atoms with Crippen molar-refractivity contribution in [3.05, 3.63) is 44.6 Å². The highest BCUT2D eigenvalue weighted by molar-refractivity contribution is 9.11. The molecule has 1 aromatic heterocycles. The first-order chi connectivity index (χ1) is 10.5. The lowest BCUT2D eigenvalue weighted by Gasteiger charge is -2.20. The summed E-state index contributed by atoms with van der Waals surface area (Å²) >= 11 is 4.73. The van der Waals surface area contributed by atoms with E-state index in [1.807, 2.05) is 25.1 Å². The van der Waals surface area contributed by atoms with Crippen LogP contribution in [0.25, 0.3) is 0 Å². The third-order valence-electron chi connectivity index (χ3n) is 3.28. The van der Waals surface area contributed by atoms with E-state index in [1.54, 1.807) is 12.1 Å². The molecule has 0 bridgehead atoms. The average Bonchev–Trinajstić information content (AvgIpc) is 2.93. The number of hydrogen-bond donors (Lipinski definition) is 2. The van der Waals surface area contributed by atoms with Crippen molar-refractivity contribution in [1.82, 2.24) is 5.32 Å². The normalized spacial score (nSPS) is 14.5. The molecule has 0 saturated carbocycles. The van der Waals surface area contributed by atoms with Crippen LogP contribution in [0.1, 0.15) is 28.2 Å². The van der Waals surface area contributed by atoms with Gasteiger partial charge in [-0.3, -0.25) is 9.59 Å². The minimum atomic E-state index is -0.183. The van der Waals surface area contributed by atoms with Crippen molar-refractivity contribution in [3.8, 4) is 5.75 Å². The first-order valence-corrected chi connectivity index (χ1v) is 8.26. The van der Waals surface area contributed by atoms with Crippen LogP contribution in [-0.4, -0.2) is 18.4 Å². The fourth-order valence-corrected chi connectivity index (χ4v) is 3.45. The van der Waals surface area contributed by atoms with Crippen LogP contribution in [0.2, 0.25) is 0 Å². The predicted molar refractivity (Wildman–Crippen MR) is 88.5 cm³/mol. The average molecular weight is 381 g/mol. The molecule has 2 heterocycles. The standard InChI is InChI=1S/C15H13BrN2O3S/c1-8(17-15(20)12-4-5-13(16)22-12)9-2-3-11-10(6-9)18-14(19)7-21-11/h2-6,8H,7H2,1H3,(H,17,20)(H,18,19)/t8-/m1/s1. The van der Waals surface area contributed by atoms with Gasteiger partial charge in [-0.15, -0.1) is 11.3 Å². The molecule has 22 heavy (non-hydrogen) atoms. The number of anilines is 1. The van der Waals surface area contributed by atoms with Crippen LogP contribution in [0.4, 0.5) is 5.69 Å². The Hall–Kier alpha value is -1.86. The van der Waals surface area contributed by atoms with Gasteiger partial charge in [0.15, 0.2) is 6.61 Å². The molecule has 0 saturated heterocycles. The Balaban J connectivity index is 1.75. The molecule has 2 amide bonds. The molecule has 0 radical (unpaired) electrons. The number of carbonyl (C=O) groups excluding carboxylic acids is 2. The smallest absolute Gasteiger partial charge is 0.262 e. The minimum Gasteiger partial charge on any atom is -0.482 e. The van der Waals surface area contributed by atoms with Crippen LogP contribution in [0.15, 0.2) is 34.1 Å². The minimum absolute atomic E-state index is 0.0336. The van der Waals surface area contributed by atoms with Gasteiger partial charge in [0.1, 0.15) is 5.75 Å². The van der Waals surface area contributed by atoms with Gasteiger partial charge in [0.2, 0.25) is 0 Å². The van der Waals surface area contributed by atoms with Crippen LogP contribution < -0.4 is 15.4 Å². The third-order valence-corrected chi connectivity index (χ3v) is 4.90. The van der Waals surface area contributed by atoms with E-state index < -0.39 is 0 Å². The third kappa shape index (κ3) is 3.15. The number of carbonyl (C=O) groups is 2. The maximum absolute atomic E-state index is 12.2. The van der Waals surface area contributed by atoms with Crippen LogP contribution in [0.5, 0.6) is 5.75 Å². The Morgan fingerprint density at radius 1 is 1.41 bits per heavy atom. The maximum Gasteiger partial charge on any atom is 0.262 e. The lowest BCUT2D eigenvalue weighted by molar-refractivity contribution is -0.118. The molecule has 1 aromatic carbocycles. The zero-order chi connectivity index (χ0) is 15.7. The number of thiophene rings is 1. The lowest BCUT2D eigenvalue weighted by Crippen LogP contribution is -2.27. The quantitative estimate of drug-likeness (QED) is 0.857. The van der Waals surface area contributed by atoms with E-state index in [9.17, 15) is 9.59 Å². The number of benzene rings is 1. The second kappa shape index (κ2) is 6.10. The van der Waals surface area contributed by atoms with Crippen molar-refractivity contribution < 1.29 is 14.3 Å². The summed E-state index contributed by atoms with van der Waals surface area (Å²) < 4.78 is 6.24. The van der Waals surface area contributed by atoms with Gasteiger partial charge < -0.3 is 15.4 Å². The molecule has 2 aromatic rings. The van der Waals surface area contributed by atoms with Crippen LogP contribution >= 0.6 is 27.3 Å². The second-order valence-electron chi connectivity index (χ2n) is 4.89. The maximum atomic E-state index is 12.2. The molecule has 5 nitrogen and oxygen atoms in total. The van der Waals surface area contributed by atoms with Gasteiger partial charge in [-0.1, -0.05) is 6.07 Å². The summed E-state index contributed by atoms with van der Waals surface area (Å²) in [6.45, 7) is 1.93. The highest BCUT2D eigenvalue weighted by atomic mass is 79.9. The fourth-order valence-electron chi connectivity index (χ4n) is 2.16. The second-order valence-corrected chi connectivity index (χ2v) is 7.35. The van der Waals surface area contributed by atoms with Crippen molar-refractivity contribution in [2.45, 2.75) is 13.0 Å². The molecule has 3 rings (SSSR count). The summed E-state index contributed by atoms with van der Waals surface area (Å²) in [5.41, 5.74) is 1.53. The summed E-state index contributed by atoms with van der Waals surface area (Å²) in [5, 5.41) is 5.70. The van der Waals surface area contributed by atoms with Crippen molar-refractivity contribution >= 4 is 44.8 Å². The van der Waals surface area contributed by atoms with Gasteiger partial charge in [-0.25, -0.2) is 0 Å². The summed E-state index contributed by atoms with van der Waals surface area (Å²) in [7, 11) is 0. The number of fused-ring (bicyclic) bond motifs is 1. The largest absolute Gasteiger partial charge is 0.482 e. The van der Waals surface area contributed by atoms with E-state index >= 15 is 0 Å². The van der Waals surface area contributed by atoms with Gasteiger partial charge in [0.05, 0.1) is 20.4 Å².